The summed E-state index contributed by atoms with van der Waals surface area (Å²) in [6.07, 6.45) is 1.78. The van der Waals surface area contributed by atoms with Crippen LogP contribution in [0.15, 0.2) is 109 Å². The fourth-order valence-electron chi connectivity index (χ4n) is 8.37. The lowest BCUT2D eigenvalue weighted by Gasteiger charge is -2.44. The van der Waals surface area contributed by atoms with Crippen LogP contribution in [0.25, 0.3) is 0 Å². The zero-order valence-electron chi connectivity index (χ0n) is 48.2. The van der Waals surface area contributed by atoms with Gasteiger partial charge in [-0.05, 0) is 178 Å². The summed E-state index contributed by atoms with van der Waals surface area (Å²) < 4.78 is 74.2. The van der Waals surface area contributed by atoms with E-state index in [-0.39, 0.29) is 22.3 Å². The smallest absolute Gasteiger partial charge is 0.491 e. The molecule has 432 valence electrons. The highest BCUT2D eigenvalue weighted by molar-refractivity contribution is 6.96. The van der Waals surface area contributed by atoms with E-state index in [4.69, 9.17) is 47.4 Å². The standard InChI is InChI=1S/C53H94O11Si9.3CH4/c1-19-57-70(15,16)63-72(59-65(4,5)6,52-27-23-21-24-28-52)60-67(9,10)43-39-48-31-33-50(34-32-48)47-55-41-42-56-51-37-35-49(36-38-51)40-44-68(11,12)61-73(53-29-25-22-26-30-53,64-71(17,18)58-20-2)62-69(13,14)46-45-66(7,8)54-3;;;/h21-38H,19-20,39-47H2,1-18H3;3*1H4. The van der Waals surface area contributed by atoms with Gasteiger partial charge in [0.15, 0.2) is 41.6 Å². The van der Waals surface area contributed by atoms with Crippen molar-refractivity contribution in [3.63, 3.8) is 0 Å². The fourth-order valence-corrected chi connectivity index (χ4v) is 42.7. The summed E-state index contributed by atoms with van der Waals surface area (Å²) in [4.78, 5) is 0. The summed E-state index contributed by atoms with van der Waals surface area (Å²) in [5.41, 5.74) is 3.64. The molecular formula is C56H106O11Si9. The lowest BCUT2D eigenvalue weighted by atomic mass is 10.1. The van der Waals surface area contributed by atoms with Crippen molar-refractivity contribution >= 4 is 86.7 Å². The van der Waals surface area contributed by atoms with Gasteiger partial charge in [-0.25, -0.2) is 0 Å². The van der Waals surface area contributed by atoms with E-state index in [9.17, 15) is 0 Å². The zero-order valence-corrected chi connectivity index (χ0v) is 57.2. The molecule has 76 heavy (non-hydrogen) atoms. The first-order chi connectivity index (χ1) is 33.9. The van der Waals surface area contributed by atoms with Gasteiger partial charge in [-0.15, -0.1) is 0 Å². The molecule has 11 nitrogen and oxygen atoms in total. The molecule has 2 atom stereocenters. The van der Waals surface area contributed by atoms with Crippen molar-refractivity contribution in [1.82, 2.24) is 0 Å². The van der Waals surface area contributed by atoms with E-state index in [1.54, 1.807) is 0 Å². The van der Waals surface area contributed by atoms with Gasteiger partial charge < -0.3 is 47.4 Å². The predicted molar refractivity (Wildman–Crippen MR) is 344 cm³/mol. The van der Waals surface area contributed by atoms with Crippen molar-refractivity contribution in [1.29, 1.82) is 0 Å². The first kappa shape index (κ1) is 72.2. The molecule has 0 N–H and O–H groups in total. The molecule has 0 amide bonds. The van der Waals surface area contributed by atoms with E-state index in [0.29, 0.717) is 33.0 Å². The van der Waals surface area contributed by atoms with Crippen LogP contribution in [0.5, 0.6) is 5.75 Å². The molecule has 4 rings (SSSR count). The van der Waals surface area contributed by atoms with E-state index >= 15 is 0 Å². The average molecular weight is 1210 g/mol. The van der Waals surface area contributed by atoms with Crippen molar-refractivity contribution < 1.29 is 47.4 Å². The number of aryl methyl sites for hydroxylation is 2. The highest BCUT2D eigenvalue weighted by Crippen LogP contribution is 2.33. The molecular weight excluding hydrogens is 1100 g/mol. The SMILES string of the molecule is C.C.C.CCO[Si](C)(C)O[Si](O[Si](C)(C)C)(O[Si](C)(C)CCc1ccc(COCCOc2ccc(CC[Si](C)(C)O[Si](O[Si](C)(C)CC[Si](C)(C)OC)(O[Si](C)(C)OCC)c3ccccc3)cc2)cc1)c1ccccc1. The maximum Gasteiger partial charge on any atom is 0.507 e. The monoisotopic (exact) mass is 1210 g/mol. The van der Waals surface area contributed by atoms with E-state index in [0.717, 1.165) is 58.7 Å². The Morgan fingerprint density at radius 1 is 0.382 bits per heavy atom. The largest absolute Gasteiger partial charge is 0.507 e. The van der Waals surface area contributed by atoms with Gasteiger partial charge in [0.1, 0.15) is 12.4 Å². The number of hydrogen-bond acceptors (Lipinski definition) is 11. The Morgan fingerprint density at radius 2 is 0.750 bits per heavy atom. The number of ether oxygens (including phenoxy) is 2. The van der Waals surface area contributed by atoms with Crippen LogP contribution in [0.4, 0.5) is 0 Å². The van der Waals surface area contributed by atoms with Gasteiger partial charge in [-0.3, -0.25) is 0 Å². The van der Waals surface area contributed by atoms with Gasteiger partial charge in [0.2, 0.25) is 0 Å². The van der Waals surface area contributed by atoms with Crippen LogP contribution in [0.1, 0.15) is 52.8 Å². The van der Waals surface area contributed by atoms with E-state index in [2.05, 4.69) is 183 Å². The van der Waals surface area contributed by atoms with Crippen LogP contribution in [-0.4, -0.2) is 110 Å². The van der Waals surface area contributed by atoms with Crippen LogP contribution < -0.4 is 15.1 Å². The van der Waals surface area contributed by atoms with Crippen LogP contribution >= 0.6 is 0 Å². The maximum absolute atomic E-state index is 7.48. The van der Waals surface area contributed by atoms with Crippen molar-refractivity contribution in [2.45, 2.75) is 178 Å². The molecule has 0 radical (unpaired) electrons. The molecule has 20 heteroatoms. The topological polar surface area (TPSA) is 102 Å². The second kappa shape index (κ2) is 31.4. The molecule has 0 bridgehead atoms. The van der Waals surface area contributed by atoms with Crippen LogP contribution in [-0.2, 0) is 62.2 Å². The third kappa shape index (κ3) is 25.4. The minimum atomic E-state index is -3.46. The Balaban J connectivity index is 0.00000963. The maximum atomic E-state index is 7.48. The van der Waals surface area contributed by atoms with Crippen LogP contribution in [0.2, 0.25) is 122 Å². The predicted octanol–water partition coefficient (Wildman–Crippen LogP) is 14.8. The van der Waals surface area contributed by atoms with Gasteiger partial charge in [0.05, 0.1) is 13.2 Å². The normalized spacial score (nSPS) is 14.4. The van der Waals surface area contributed by atoms with Crippen molar-refractivity contribution in [3.05, 3.63) is 126 Å². The molecule has 0 heterocycles. The third-order valence-corrected chi connectivity index (χ3v) is 43.2. The molecule has 0 saturated carbocycles. The van der Waals surface area contributed by atoms with Gasteiger partial charge >= 0.3 is 34.7 Å². The summed E-state index contributed by atoms with van der Waals surface area (Å²) in [5.74, 6) is 0.828. The lowest BCUT2D eigenvalue weighted by molar-refractivity contribution is 0.0889. The summed E-state index contributed by atoms with van der Waals surface area (Å²) in [7, 11) is -21.1. The van der Waals surface area contributed by atoms with E-state index < -0.39 is 76.3 Å². The minimum Gasteiger partial charge on any atom is -0.491 e. The lowest BCUT2D eigenvalue weighted by Crippen LogP contribution is -2.69. The Hall–Kier alpha value is -1.77. The third-order valence-electron chi connectivity index (χ3n) is 12.3. The minimum absolute atomic E-state index is 0. The van der Waals surface area contributed by atoms with Crippen molar-refractivity contribution in [3.8, 4) is 5.75 Å². The quantitative estimate of drug-likeness (QED) is 0.0330. The van der Waals surface area contributed by atoms with Crippen molar-refractivity contribution in [2.75, 3.05) is 33.5 Å². The second-order valence-corrected chi connectivity index (χ2v) is 58.5. The Kier molecular flexibility index (Phi) is 29.9. The fraction of sp³-hybridized carbons (Fsp3) is 0.571. The molecule has 2 unspecified atom stereocenters. The first-order valence-electron chi connectivity index (χ1n) is 26.5. The molecule has 0 aliphatic carbocycles. The molecule has 0 spiro atoms. The Morgan fingerprint density at radius 3 is 1.14 bits per heavy atom. The first-order valence-corrected chi connectivity index (χ1v) is 51.4. The van der Waals surface area contributed by atoms with E-state index in [1.165, 1.54) is 11.1 Å². The highest BCUT2D eigenvalue weighted by atomic mass is 28.5. The molecule has 0 aliphatic rings. The number of hydrogen-bond donors (Lipinski definition) is 0. The highest BCUT2D eigenvalue weighted by Gasteiger charge is 2.56. The van der Waals surface area contributed by atoms with Gasteiger partial charge in [0, 0.05) is 30.7 Å². The van der Waals surface area contributed by atoms with Crippen LogP contribution in [0, 0.1) is 0 Å². The van der Waals surface area contributed by atoms with Gasteiger partial charge in [-0.2, -0.15) is 0 Å². The summed E-state index contributed by atoms with van der Waals surface area (Å²) in [6, 6.07) is 41.8. The number of benzene rings is 4. The van der Waals surface area contributed by atoms with Crippen molar-refractivity contribution in [2.24, 2.45) is 0 Å². The number of rotatable bonds is 34. The molecule has 0 fully saturated rings. The average Bonchev–Trinajstić information content (AvgIpc) is 3.29. The molecule has 4 aromatic rings. The van der Waals surface area contributed by atoms with Crippen LogP contribution in [0.3, 0.4) is 0 Å². The van der Waals surface area contributed by atoms with Gasteiger partial charge in [0.25, 0.3) is 0 Å². The Labute approximate surface area is 474 Å². The van der Waals surface area contributed by atoms with E-state index in [1.807, 2.05) is 45.2 Å². The van der Waals surface area contributed by atoms with Gasteiger partial charge in [-0.1, -0.05) is 119 Å². The summed E-state index contributed by atoms with van der Waals surface area (Å²) in [6.45, 7) is 40.0. The summed E-state index contributed by atoms with van der Waals surface area (Å²) >= 11 is 0. The molecule has 0 aromatic heterocycles. The molecule has 0 saturated heterocycles. The zero-order chi connectivity index (χ0) is 54.2. The second-order valence-electron chi connectivity index (χ2n) is 23.3. The molecule has 0 aliphatic heterocycles. The Bertz CT molecular complexity index is 2220. The summed E-state index contributed by atoms with van der Waals surface area (Å²) in [5, 5.41) is 2.02. The molecule has 4 aromatic carbocycles.